The molecule has 0 saturated carbocycles. The van der Waals surface area contributed by atoms with Gasteiger partial charge in [-0.2, -0.15) is 0 Å². The highest BCUT2D eigenvalue weighted by atomic mass is 32.2. The van der Waals surface area contributed by atoms with Gasteiger partial charge in [0.2, 0.25) is 0 Å². The van der Waals surface area contributed by atoms with Crippen LogP contribution >= 0.6 is 11.9 Å². The second-order valence-electron chi connectivity index (χ2n) is 10.5. The number of fused-ring (bicyclic) bond motifs is 1. The standard InChI is InChI=1S/C32H36N2O3S/c1-22-12-14-27(18-30(22)31(36)37)26-10-7-11-29(17-26)38-34(4)21-28(35)20-33-32(2,3)19-23-13-15-24-8-5-6-9-25(24)16-23/h5-18,28,33,35H,19-21H2,1-4H3,(H,36,37)/t28-/m1/s1. The van der Waals surface area contributed by atoms with Gasteiger partial charge in [0.15, 0.2) is 0 Å². The van der Waals surface area contributed by atoms with Gasteiger partial charge in [0, 0.05) is 23.5 Å². The van der Waals surface area contributed by atoms with E-state index in [1.807, 2.05) is 41.7 Å². The first-order chi connectivity index (χ1) is 18.1. The lowest BCUT2D eigenvalue weighted by Crippen LogP contribution is -2.46. The third-order valence-corrected chi connectivity index (χ3v) is 7.57. The van der Waals surface area contributed by atoms with E-state index in [9.17, 15) is 15.0 Å². The Hall–Kier alpha value is -3.16. The predicted molar refractivity (Wildman–Crippen MR) is 158 cm³/mol. The number of carbonyl (C=O) groups is 1. The summed E-state index contributed by atoms with van der Waals surface area (Å²) in [6.45, 7) is 7.13. The van der Waals surface area contributed by atoms with Crippen LogP contribution in [0.5, 0.6) is 0 Å². The quantitative estimate of drug-likeness (QED) is 0.195. The number of aliphatic hydroxyl groups excluding tert-OH is 1. The fourth-order valence-electron chi connectivity index (χ4n) is 4.66. The number of likely N-dealkylation sites (N-methyl/N-ethyl adjacent to an activating group) is 1. The molecular formula is C32H36N2O3S. The molecule has 0 radical (unpaired) electrons. The van der Waals surface area contributed by atoms with E-state index in [2.05, 4.69) is 67.7 Å². The van der Waals surface area contributed by atoms with Gasteiger partial charge in [-0.15, -0.1) is 0 Å². The molecule has 1 atom stereocenters. The summed E-state index contributed by atoms with van der Waals surface area (Å²) < 4.78 is 2.03. The summed E-state index contributed by atoms with van der Waals surface area (Å²) in [5, 5.41) is 26.2. The van der Waals surface area contributed by atoms with Gasteiger partial charge < -0.3 is 15.5 Å². The second-order valence-corrected chi connectivity index (χ2v) is 11.8. The van der Waals surface area contributed by atoms with E-state index in [4.69, 9.17) is 0 Å². The number of carboxylic acids is 1. The van der Waals surface area contributed by atoms with Crippen LogP contribution < -0.4 is 5.32 Å². The molecule has 4 aromatic rings. The lowest BCUT2D eigenvalue weighted by molar-refractivity contribution is 0.0696. The van der Waals surface area contributed by atoms with E-state index in [0.29, 0.717) is 18.7 Å². The first-order valence-electron chi connectivity index (χ1n) is 12.8. The topological polar surface area (TPSA) is 72.8 Å². The molecule has 6 heteroatoms. The molecule has 0 aliphatic rings. The van der Waals surface area contributed by atoms with Crippen molar-refractivity contribution in [3.05, 3.63) is 102 Å². The first kappa shape index (κ1) is 27.9. The molecule has 0 fully saturated rings. The van der Waals surface area contributed by atoms with Gasteiger partial charge in [-0.25, -0.2) is 9.10 Å². The van der Waals surface area contributed by atoms with E-state index >= 15 is 0 Å². The highest BCUT2D eigenvalue weighted by Gasteiger charge is 2.20. The molecule has 0 heterocycles. The number of benzene rings is 4. The fraction of sp³-hybridized carbons (Fsp3) is 0.281. The van der Waals surface area contributed by atoms with Crippen molar-refractivity contribution in [2.24, 2.45) is 0 Å². The van der Waals surface area contributed by atoms with Crippen molar-refractivity contribution in [2.75, 3.05) is 20.1 Å². The van der Waals surface area contributed by atoms with Crippen molar-refractivity contribution >= 4 is 28.7 Å². The molecule has 0 aliphatic carbocycles. The molecule has 4 aromatic carbocycles. The van der Waals surface area contributed by atoms with Crippen molar-refractivity contribution in [1.29, 1.82) is 0 Å². The van der Waals surface area contributed by atoms with Crippen LogP contribution in [-0.4, -0.2) is 52.3 Å². The Bertz CT molecular complexity index is 1420. The summed E-state index contributed by atoms with van der Waals surface area (Å²) in [5.74, 6) is -0.919. The van der Waals surface area contributed by atoms with E-state index in [1.54, 1.807) is 24.9 Å². The number of nitrogens with one attached hydrogen (secondary N) is 1. The average Bonchev–Trinajstić information content (AvgIpc) is 2.87. The van der Waals surface area contributed by atoms with Gasteiger partial charge >= 0.3 is 5.97 Å². The third kappa shape index (κ3) is 7.45. The average molecular weight is 529 g/mol. The molecule has 4 rings (SSSR count). The van der Waals surface area contributed by atoms with E-state index in [0.717, 1.165) is 28.0 Å². The fourth-order valence-corrected chi connectivity index (χ4v) is 5.58. The molecule has 5 nitrogen and oxygen atoms in total. The Morgan fingerprint density at radius 2 is 1.68 bits per heavy atom. The van der Waals surface area contributed by atoms with Crippen LogP contribution in [0.1, 0.15) is 35.3 Å². The first-order valence-corrected chi connectivity index (χ1v) is 13.6. The van der Waals surface area contributed by atoms with E-state index in [1.165, 1.54) is 16.3 Å². The maximum Gasteiger partial charge on any atom is 0.335 e. The molecule has 0 saturated heterocycles. The number of nitrogens with zero attached hydrogens (tertiary/aromatic N) is 1. The number of hydrogen-bond donors (Lipinski definition) is 3. The van der Waals surface area contributed by atoms with E-state index in [-0.39, 0.29) is 5.54 Å². The van der Waals surface area contributed by atoms with Gasteiger partial charge in [0.1, 0.15) is 0 Å². The summed E-state index contributed by atoms with van der Waals surface area (Å²) >= 11 is 1.56. The molecule has 0 unspecified atom stereocenters. The SMILES string of the molecule is Cc1ccc(-c2cccc(SN(C)C[C@H](O)CNC(C)(C)Cc3ccc4ccccc4c3)c2)cc1C(=O)O. The lowest BCUT2D eigenvalue weighted by atomic mass is 9.93. The number of carboxylic acid groups (broad SMARTS) is 1. The van der Waals surface area contributed by atoms with Gasteiger partial charge in [0.05, 0.1) is 11.7 Å². The maximum atomic E-state index is 11.5. The van der Waals surface area contributed by atoms with Crippen LogP contribution in [0.25, 0.3) is 21.9 Å². The monoisotopic (exact) mass is 528 g/mol. The highest BCUT2D eigenvalue weighted by Crippen LogP contribution is 2.29. The minimum atomic E-state index is -0.919. The van der Waals surface area contributed by atoms with E-state index < -0.39 is 12.1 Å². The van der Waals surface area contributed by atoms with Crippen LogP contribution in [0.2, 0.25) is 0 Å². The summed E-state index contributed by atoms with van der Waals surface area (Å²) in [6.07, 6.45) is 0.339. The molecule has 38 heavy (non-hydrogen) atoms. The van der Waals surface area contributed by atoms with Crippen LogP contribution in [0, 0.1) is 6.92 Å². The molecule has 0 spiro atoms. The van der Waals surface area contributed by atoms with Crippen molar-refractivity contribution < 1.29 is 15.0 Å². The smallest absolute Gasteiger partial charge is 0.335 e. The molecule has 0 aliphatic heterocycles. The van der Waals surface area contributed by atoms with Crippen LogP contribution in [-0.2, 0) is 6.42 Å². The molecular weight excluding hydrogens is 492 g/mol. The summed E-state index contributed by atoms with van der Waals surface area (Å²) in [7, 11) is 1.97. The molecule has 198 valence electrons. The zero-order valence-corrected chi connectivity index (χ0v) is 23.3. The number of aromatic carboxylic acids is 1. The number of rotatable bonds is 11. The van der Waals surface area contributed by atoms with Crippen LogP contribution in [0.4, 0.5) is 0 Å². The molecule has 0 amide bonds. The minimum Gasteiger partial charge on any atom is -0.478 e. The molecule has 0 bridgehead atoms. The summed E-state index contributed by atoms with van der Waals surface area (Å²) in [5.41, 5.74) is 4.00. The van der Waals surface area contributed by atoms with Gasteiger partial charge in [-0.1, -0.05) is 66.7 Å². The van der Waals surface area contributed by atoms with Crippen molar-refractivity contribution in [2.45, 2.75) is 43.7 Å². The Labute approximate surface area is 229 Å². The van der Waals surface area contributed by atoms with Crippen molar-refractivity contribution in [3.63, 3.8) is 0 Å². The van der Waals surface area contributed by atoms with Crippen LogP contribution in [0.3, 0.4) is 0 Å². The zero-order chi connectivity index (χ0) is 27.3. The largest absolute Gasteiger partial charge is 0.478 e. The third-order valence-electron chi connectivity index (χ3n) is 6.64. The zero-order valence-electron chi connectivity index (χ0n) is 22.4. The lowest BCUT2D eigenvalue weighted by Gasteiger charge is -2.29. The summed E-state index contributed by atoms with van der Waals surface area (Å²) in [6, 6.07) is 28.5. The van der Waals surface area contributed by atoms with Gasteiger partial charge in [0.25, 0.3) is 0 Å². The maximum absolute atomic E-state index is 11.5. The highest BCUT2D eigenvalue weighted by molar-refractivity contribution is 7.97. The van der Waals surface area contributed by atoms with Gasteiger partial charge in [-0.05, 0) is 97.4 Å². The van der Waals surface area contributed by atoms with Crippen molar-refractivity contribution in [1.82, 2.24) is 9.62 Å². The Kier molecular flexibility index (Phi) is 8.90. The Morgan fingerprint density at radius 1 is 0.947 bits per heavy atom. The second kappa shape index (κ2) is 12.1. The molecule has 0 aromatic heterocycles. The minimum absolute atomic E-state index is 0.160. The molecule has 3 N–H and O–H groups in total. The normalized spacial score (nSPS) is 12.7. The Balaban J connectivity index is 1.31. The number of aliphatic hydroxyl groups is 1. The number of aryl methyl sites for hydroxylation is 1. The van der Waals surface area contributed by atoms with Crippen LogP contribution in [0.15, 0.2) is 89.8 Å². The Morgan fingerprint density at radius 3 is 2.45 bits per heavy atom. The van der Waals surface area contributed by atoms with Crippen molar-refractivity contribution in [3.8, 4) is 11.1 Å². The number of β-amino-alcohol motifs (C(OH)–C–C–N with tert-alkyl or cyclic N) is 1. The summed E-state index contributed by atoms with van der Waals surface area (Å²) in [4.78, 5) is 12.6. The van der Waals surface area contributed by atoms with Gasteiger partial charge in [-0.3, -0.25) is 0 Å². The number of hydrogen-bond acceptors (Lipinski definition) is 5. The predicted octanol–water partition coefficient (Wildman–Crippen LogP) is 6.42.